The number of nitrogens with one attached hydrogen (secondary N) is 3. The number of aliphatic imine (C=N–C) groups is 1. The molecular formula is C14H16BrF3N4O3. The maximum Gasteiger partial charge on any atom is 0.573 e. The maximum absolute atomic E-state index is 12.1. The van der Waals surface area contributed by atoms with Crippen LogP contribution in [0, 0.1) is 5.41 Å². The first kappa shape index (κ1) is 19.5. The number of guanidine groups is 1. The van der Waals surface area contributed by atoms with Crippen molar-refractivity contribution in [2.24, 2.45) is 4.99 Å². The van der Waals surface area contributed by atoms with Gasteiger partial charge in [-0.1, -0.05) is 0 Å². The predicted octanol–water partition coefficient (Wildman–Crippen LogP) is 3.04. The summed E-state index contributed by atoms with van der Waals surface area (Å²) in [5.41, 5.74) is 0.475. The van der Waals surface area contributed by atoms with Crippen LogP contribution in [0.1, 0.15) is 6.42 Å². The molecule has 0 spiro atoms. The normalized spacial score (nSPS) is 15.9. The molecule has 1 aromatic rings. The largest absolute Gasteiger partial charge is 0.573 e. The van der Waals surface area contributed by atoms with Gasteiger partial charge < -0.3 is 24.8 Å². The van der Waals surface area contributed by atoms with Crippen molar-refractivity contribution in [3.8, 4) is 5.75 Å². The van der Waals surface area contributed by atoms with Gasteiger partial charge in [0, 0.05) is 18.7 Å². The highest BCUT2D eigenvalue weighted by Gasteiger charge is 2.30. The molecule has 1 fully saturated rings. The minimum Gasteiger partial charge on any atom is -0.406 e. The van der Waals surface area contributed by atoms with Crippen LogP contribution in [0.3, 0.4) is 0 Å². The van der Waals surface area contributed by atoms with E-state index in [0.29, 0.717) is 31.9 Å². The molecule has 7 nitrogen and oxygen atoms in total. The van der Waals surface area contributed by atoms with E-state index in [-0.39, 0.29) is 22.7 Å². The summed E-state index contributed by atoms with van der Waals surface area (Å²) in [7, 11) is 0. The molecule has 1 aromatic carbocycles. The number of alkyl halides is 3. The van der Waals surface area contributed by atoms with Crippen LogP contribution in [0.5, 0.6) is 5.75 Å². The number of rotatable bonds is 5. The van der Waals surface area contributed by atoms with Crippen molar-refractivity contribution >= 4 is 32.3 Å². The molecule has 0 aliphatic carbocycles. The molecule has 3 N–H and O–H groups in total. The summed E-state index contributed by atoms with van der Waals surface area (Å²) in [5.74, 6) is -0.0716. The molecule has 0 saturated carbocycles. The first-order valence-corrected chi connectivity index (χ1v) is 8.04. The predicted molar refractivity (Wildman–Crippen MR) is 89.1 cm³/mol. The average molecular weight is 425 g/mol. The number of hydrogen-bond donors (Lipinski definition) is 3. The minimum absolute atomic E-state index is 0.118. The van der Waals surface area contributed by atoms with Crippen molar-refractivity contribution in [1.82, 2.24) is 5.32 Å². The summed E-state index contributed by atoms with van der Waals surface area (Å²) >= 11 is 2.91. The van der Waals surface area contributed by atoms with Crippen molar-refractivity contribution in [2.45, 2.75) is 19.1 Å². The van der Waals surface area contributed by atoms with Gasteiger partial charge in [-0.15, -0.1) is 13.2 Å². The van der Waals surface area contributed by atoms with E-state index in [2.05, 4.69) is 36.3 Å². The highest BCUT2D eigenvalue weighted by atomic mass is 79.9. The summed E-state index contributed by atoms with van der Waals surface area (Å²) in [6, 6.07) is 5.15. The fraction of sp³-hybridized carbons (Fsp3) is 0.429. The lowest BCUT2D eigenvalue weighted by molar-refractivity contribution is -0.274. The Kier molecular flexibility index (Phi) is 7.02. The van der Waals surface area contributed by atoms with Crippen LogP contribution < -0.4 is 15.4 Å². The third-order valence-electron chi connectivity index (χ3n) is 2.92. The van der Waals surface area contributed by atoms with E-state index >= 15 is 0 Å². The number of anilines is 1. The fourth-order valence-electron chi connectivity index (χ4n) is 1.97. The Morgan fingerprint density at radius 2 is 1.92 bits per heavy atom. The van der Waals surface area contributed by atoms with E-state index in [9.17, 15) is 13.2 Å². The molecule has 25 heavy (non-hydrogen) atoms. The van der Waals surface area contributed by atoms with E-state index in [1.165, 1.54) is 24.3 Å². The van der Waals surface area contributed by atoms with Gasteiger partial charge in [0.2, 0.25) is 5.96 Å². The van der Waals surface area contributed by atoms with Crippen molar-refractivity contribution in [3.05, 3.63) is 24.3 Å². The van der Waals surface area contributed by atoms with Crippen LogP contribution in [-0.2, 0) is 9.47 Å². The van der Waals surface area contributed by atoms with Crippen LogP contribution in [-0.4, -0.2) is 43.1 Å². The summed E-state index contributed by atoms with van der Waals surface area (Å²) < 4.78 is 50.7. The van der Waals surface area contributed by atoms with Gasteiger partial charge in [0.25, 0.3) is 0 Å². The second-order valence-electron chi connectivity index (χ2n) is 4.83. The summed E-state index contributed by atoms with van der Waals surface area (Å²) in [4.78, 5) is 3.92. The molecule has 1 heterocycles. The molecule has 1 aliphatic heterocycles. The summed E-state index contributed by atoms with van der Waals surface area (Å²) in [6.45, 7) is 1.58. The minimum atomic E-state index is -4.74. The molecule has 2 rings (SSSR count). The summed E-state index contributed by atoms with van der Waals surface area (Å²) in [6.07, 6.45) is -4.44. The van der Waals surface area contributed by atoms with Crippen LogP contribution in [0.2, 0.25) is 0 Å². The second kappa shape index (κ2) is 9.02. The zero-order valence-corrected chi connectivity index (χ0v) is 14.5. The lowest BCUT2D eigenvalue weighted by Crippen LogP contribution is -2.33. The maximum atomic E-state index is 12.1. The van der Waals surface area contributed by atoms with Gasteiger partial charge >= 0.3 is 6.36 Å². The van der Waals surface area contributed by atoms with Crippen molar-refractivity contribution in [1.29, 1.82) is 5.41 Å². The Hall–Kier alpha value is -1.85. The van der Waals surface area contributed by atoms with Crippen LogP contribution >= 0.6 is 15.9 Å². The number of ether oxygens (including phenoxy) is 3. The molecule has 1 aliphatic rings. The van der Waals surface area contributed by atoms with Crippen LogP contribution in [0.15, 0.2) is 29.3 Å². The Bertz CT molecular complexity index is 604. The number of amidine groups is 1. The first-order valence-electron chi connectivity index (χ1n) is 7.24. The van der Waals surface area contributed by atoms with E-state index in [1.807, 2.05) is 0 Å². The molecule has 0 amide bonds. The van der Waals surface area contributed by atoms with Gasteiger partial charge in [0.1, 0.15) is 5.75 Å². The van der Waals surface area contributed by atoms with Crippen molar-refractivity contribution < 1.29 is 27.4 Å². The van der Waals surface area contributed by atoms with Gasteiger partial charge in [-0.3, -0.25) is 5.41 Å². The van der Waals surface area contributed by atoms with Crippen LogP contribution in [0.4, 0.5) is 18.9 Å². The lowest BCUT2D eigenvalue weighted by atomic mass is 10.3. The van der Waals surface area contributed by atoms with Gasteiger partial charge in [-0.2, -0.15) is 4.99 Å². The first-order chi connectivity index (χ1) is 11.8. The van der Waals surface area contributed by atoms with Gasteiger partial charge in [0.05, 0.1) is 13.2 Å². The third-order valence-corrected chi connectivity index (χ3v) is 3.10. The zero-order valence-electron chi connectivity index (χ0n) is 12.9. The van der Waals surface area contributed by atoms with E-state index in [0.717, 1.165) is 0 Å². The van der Waals surface area contributed by atoms with Gasteiger partial charge in [0.15, 0.2) is 11.0 Å². The molecule has 0 unspecified atom stereocenters. The van der Waals surface area contributed by atoms with E-state index < -0.39 is 6.36 Å². The summed E-state index contributed by atoms with van der Waals surface area (Å²) in [5, 5.41) is 13.2. The number of hydrogen-bond acceptors (Lipinski definition) is 4. The molecule has 0 aromatic heterocycles. The Morgan fingerprint density at radius 1 is 1.28 bits per heavy atom. The van der Waals surface area contributed by atoms with E-state index in [4.69, 9.17) is 14.9 Å². The quantitative estimate of drug-likeness (QED) is 0.384. The molecule has 138 valence electrons. The second-order valence-corrected chi connectivity index (χ2v) is 5.59. The Labute approximate surface area is 150 Å². The molecule has 1 saturated heterocycles. The topological polar surface area (TPSA) is 88.0 Å². The third kappa shape index (κ3) is 7.71. The molecule has 0 atom stereocenters. The molecular weight excluding hydrogens is 409 g/mol. The monoisotopic (exact) mass is 424 g/mol. The average Bonchev–Trinajstić information content (AvgIpc) is 3.00. The number of benzene rings is 1. The highest BCUT2D eigenvalue weighted by molar-refractivity contribution is 9.18. The highest BCUT2D eigenvalue weighted by Crippen LogP contribution is 2.23. The smallest absolute Gasteiger partial charge is 0.406 e. The molecule has 0 radical (unpaired) electrons. The Balaban J connectivity index is 1.90. The van der Waals surface area contributed by atoms with Crippen LogP contribution in [0.25, 0.3) is 0 Å². The number of halogens is 4. The SMILES string of the molecule is N=C(Br)/N=C(/NCCC1OCCO1)Nc1ccc(OC(F)(F)F)cc1. The van der Waals surface area contributed by atoms with Crippen molar-refractivity contribution in [3.63, 3.8) is 0 Å². The fourth-order valence-corrected chi connectivity index (χ4v) is 2.15. The number of nitrogens with zero attached hydrogens (tertiary/aromatic N) is 1. The molecule has 11 heteroatoms. The van der Waals surface area contributed by atoms with E-state index in [1.54, 1.807) is 0 Å². The standard InChI is InChI=1S/C14H16BrF3N4O3/c15-12(19)22-13(20-6-5-11-23-7-8-24-11)21-9-1-3-10(4-2-9)25-14(16,17)18/h1-4,11H,5-8H2,(H3,19,20,21,22). The van der Waals surface area contributed by atoms with Gasteiger partial charge in [-0.25, -0.2) is 0 Å². The zero-order chi connectivity index (χ0) is 18.3. The molecule has 0 bridgehead atoms. The lowest BCUT2D eigenvalue weighted by Gasteiger charge is -2.14. The Morgan fingerprint density at radius 3 is 2.48 bits per heavy atom. The van der Waals surface area contributed by atoms with Gasteiger partial charge in [-0.05, 0) is 40.2 Å². The van der Waals surface area contributed by atoms with Crippen molar-refractivity contribution in [2.75, 3.05) is 25.1 Å².